The fourth-order valence-electron chi connectivity index (χ4n) is 2.71. The van der Waals surface area contributed by atoms with E-state index in [-0.39, 0.29) is 18.4 Å². The van der Waals surface area contributed by atoms with Crippen molar-refractivity contribution in [3.05, 3.63) is 53.6 Å². The van der Waals surface area contributed by atoms with E-state index in [9.17, 15) is 9.59 Å². The molecule has 1 N–H and O–H groups in total. The van der Waals surface area contributed by atoms with Crippen molar-refractivity contribution in [2.45, 2.75) is 13.3 Å². The number of carbonyl (C=O) groups is 2. The topological polar surface area (TPSA) is 80.1 Å². The third kappa shape index (κ3) is 3.72. The normalized spacial score (nSPS) is 10.7. The summed E-state index contributed by atoms with van der Waals surface area (Å²) in [6.45, 7) is 2.04. The van der Waals surface area contributed by atoms with Crippen LogP contribution in [0.15, 0.2) is 42.5 Å². The maximum atomic E-state index is 12.6. The van der Waals surface area contributed by atoms with Gasteiger partial charge in [-0.15, -0.1) is 5.10 Å². The van der Waals surface area contributed by atoms with E-state index in [1.54, 1.807) is 37.0 Å². The van der Waals surface area contributed by atoms with E-state index in [0.717, 1.165) is 11.9 Å². The summed E-state index contributed by atoms with van der Waals surface area (Å²) in [5.41, 5.74) is 3.88. The Morgan fingerprint density at radius 1 is 1.15 bits per heavy atom. The van der Waals surface area contributed by atoms with Gasteiger partial charge >= 0.3 is 0 Å². The molecule has 0 fully saturated rings. The molecular weight excluding hydrogens is 330 g/mol. The lowest BCUT2D eigenvalue weighted by Gasteiger charge is -2.17. The number of hydrogen-bond acceptors (Lipinski definition) is 4. The number of hydrogen-bond donors (Lipinski definition) is 1. The van der Waals surface area contributed by atoms with Gasteiger partial charge in [-0.3, -0.25) is 9.59 Å². The summed E-state index contributed by atoms with van der Waals surface area (Å²) in [4.78, 5) is 26.1. The summed E-state index contributed by atoms with van der Waals surface area (Å²) in [6, 6.07) is 12.9. The van der Waals surface area contributed by atoms with Crippen LogP contribution < -0.4 is 5.32 Å². The monoisotopic (exact) mass is 351 g/mol. The number of rotatable bonds is 5. The first-order valence-corrected chi connectivity index (χ1v) is 8.41. The molecule has 0 aliphatic carbocycles. The second-order valence-electron chi connectivity index (χ2n) is 6.18. The fraction of sp³-hybridized carbons (Fsp3) is 0.263. The molecule has 7 nitrogen and oxygen atoms in total. The second-order valence-corrected chi connectivity index (χ2v) is 6.18. The van der Waals surface area contributed by atoms with Crippen LogP contribution in [-0.2, 0) is 18.3 Å². The number of benzene rings is 2. The average Bonchev–Trinajstić information content (AvgIpc) is 3.02. The number of amides is 2. The van der Waals surface area contributed by atoms with Crippen molar-refractivity contribution in [2.75, 3.05) is 18.9 Å². The molecule has 1 heterocycles. The van der Waals surface area contributed by atoms with Gasteiger partial charge in [0.25, 0.3) is 5.91 Å². The molecule has 2 amide bonds. The van der Waals surface area contributed by atoms with Gasteiger partial charge in [0.05, 0.1) is 12.1 Å². The lowest BCUT2D eigenvalue weighted by molar-refractivity contribution is -0.116. The number of carbonyl (C=O) groups excluding carboxylic acids is 2. The molecule has 7 heteroatoms. The van der Waals surface area contributed by atoms with Gasteiger partial charge in [-0.1, -0.05) is 24.3 Å². The van der Waals surface area contributed by atoms with Crippen molar-refractivity contribution < 1.29 is 9.59 Å². The van der Waals surface area contributed by atoms with Gasteiger partial charge in [0.1, 0.15) is 5.52 Å². The highest BCUT2D eigenvalue weighted by molar-refractivity contribution is 6.00. The van der Waals surface area contributed by atoms with Crippen LogP contribution in [0.5, 0.6) is 0 Å². The van der Waals surface area contributed by atoms with Gasteiger partial charge in [-0.2, -0.15) is 0 Å². The van der Waals surface area contributed by atoms with Crippen LogP contribution in [0.2, 0.25) is 0 Å². The molecule has 0 bridgehead atoms. The van der Waals surface area contributed by atoms with E-state index in [1.807, 2.05) is 24.3 Å². The Kier molecular flexibility index (Phi) is 4.97. The number of fused-ring (bicyclic) bond motifs is 1. The van der Waals surface area contributed by atoms with Crippen LogP contribution in [0.1, 0.15) is 22.8 Å². The van der Waals surface area contributed by atoms with Crippen molar-refractivity contribution in [1.82, 2.24) is 19.9 Å². The van der Waals surface area contributed by atoms with Crippen molar-refractivity contribution >= 4 is 28.5 Å². The molecule has 26 heavy (non-hydrogen) atoms. The third-order valence-corrected chi connectivity index (χ3v) is 4.23. The highest BCUT2D eigenvalue weighted by atomic mass is 16.2. The summed E-state index contributed by atoms with van der Waals surface area (Å²) < 4.78 is 1.64. The molecule has 134 valence electrons. The second kappa shape index (κ2) is 7.35. The van der Waals surface area contributed by atoms with Gasteiger partial charge in [0.15, 0.2) is 0 Å². The minimum atomic E-state index is -0.245. The largest absolute Gasteiger partial charge is 0.332 e. The summed E-state index contributed by atoms with van der Waals surface area (Å²) >= 11 is 0. The number of nitrogens with zero attached hydrogens (tertiary/aromatic N) is 4. The Labute approximate surface area is 151 Å². The van der Waals surface area contributed by atoms with Crippen LogP contribution >= 0.6 is 0 Å². The zero-order valence-corrected chi connectivity index (χ0v) is 15.1. The first-order valence-electron chi connectivity index (χ1n) is 8.41. The predicted octanol–water partition coefficient (Wildman–Crippen LogP) is 2.24. The zero-order chi connectivity index (χ0) is 18.7. The Balaban J connectivity index is 1.64. The van der Waals surface area contributed by atoms with Crippen LogP contribution in [0.3, 0.4) is 0 Å². The van der Waals surface area contributed by atoms with Crippen molar-refractivity contribution in [3.63, 3.8) is 0 Å². The third-order valence-electron chi connectivity index (χ3n) is 4.23. The van der Waals surface area contributed by atoms with Gasteiger partial charge in [0, 0.05) is 25.3 Å². The standard InChI is InChI=1S/C19H21N5O2/c1-4-13-5-8-15(9-6-13)20-18(25)12-23(2)19(26)14-7-10-17-16(11-14)21-22-24(17)3/h5-11H,4,12H2,1-3H3,(H,20,25). The highest BCUT2D eigenvalue weighted by Gasteiger charge is 2.16. The maximum absolute atomic E-state index is 12.6. The van der Waals surface area contributed by atoms with E-state index >= 15 is 0 Å². The van der Waals surface area contributed by atoms with E-state index in [2.05, 4.69) is 22.6 Å². The van der Waals surface area contributed by atoms with Crippen LogP contribution in [0.4, 0.5) is 5.69 Å². The molecule has 0 atom stereocenters. The summed E-state index contributed by atoms with van der Waals surface area (Å²) in [5.74, 6) is -0.486. The Hall–Kier alpha value is -3.22. The molecule has 0 spiro atoms. The molecule has 2 aromatic carbocycles. The highest BCUT2D eigenvalue weighted by Crippen LogP contribution is 2.14. The van der Waals surface area contributed by atoms with Gasteiger partial charge in [-0.05, 0) is 42.3 Å². The first-order chi connectivity index (χ1) is 12.5. The van der Waals surface area contributed by atoms with Gasteiger partial charge < -0.3 is 10.2 Å². The molecule has 0 saturated carbocycles. The van der Waals surface area contributed by atoms with E-state index in [4.69, 9.17) is 0 Å². The smallest absolute Gasteiger partial charge is 0.254 e. The minimum absolute atomic E-state index is 0.0349. The van der Waals surface area contributed by atoms with Crippen LogP contribution in [-0.4, -0.2) is 45.3 Å². The molecule has 1 aromatic heterocycles. The molecule has 0 aliphatic rings. The number of aromatic nitrogens is 3. The predicted molar refractivity (Wildman–Crippen MR) is 99.9 cm³/mol. The number of nitrogens with one attached hydrogen (secondary N) is 1. The lowest BCUT2D eigenvalue weighted by atomic mass is 10.1. The quantitative estimate of drug-likeness (QED) is 0.764. The Bertz CT molecular complexity index is 946. The Morgan fingerprint density at radius 2 is 1.88 bits per heavy atom. The number of aryl methyl sites for hydroxylation is 2. The first kappa shape index (κ1) is 17.6. The average molecular weight is 351 g/mol. The van der Waals surface area contributed by atoms with E-state index in [0.29, 0.717) is 16.8 Å². The lowest BCUT2D eigenvalue weighted by Crippen LogP contribution is -2.34. The summed E-state index contributed by atoms with van der Waals surface area (Å²) in [7, 11) is 3.39. The molecule has 3 aromatic rings. The number of anilines is 1. The summed E-state index contributed by atoms with van der Waals surface area (Å²) in [5, 5.41) is 10.7. The Morgan fingerprint density at radius 3 is 2.58 bits per heavy atom. The molecule has 0 aliphatic heterocycles. The van der Waals surface area contributed by atoms with Crippen molar-refractivity contribution in [2.24, 2.45) is 7.05 Å². The van der Waals surface area contributed by atoms with E-state index < -0.39 is 0 Å². The molecule has 3 rings (SSSR count). The molecular formula is C19H21N5O2. The molecule has 0 unspecified atom stereocenters. The molecule has 0 saturated heterocycles. The van der Waals surface area contributed by atoms with Gasteiger partial charge in [-0.25, -0.2) is 4.68 Å². The van der Waals surface area contributed by atoms with E-state index in [1.165, 1.54) is 10.5 Å². The summed E-state index contributed by atoms with van der Waals surface area (Å²) in [6.07, 6.45) is 0.946. The minimum Gasteiger partial charge on any atom is -0.332 e. The van der Waals surface area contributed by atoms with Crippen molar-refractivity contribution in [1.29, 1.82) is 0 Å². The van der Waals surface area contributed by atoms with Crippen molar-refractivity contribution in [3.8, 4) is 0 Å². The SMILES string of the molecule is CCc1ccc(NC(=O)CN(C)C(=O)c2ccc3c(c2)nnn3C)cc1. The van der Waals surface area contributed by atoms with Gasteiger partial charge in [0.2, 0.25) is 5.91 Å². The number of likely N-dealkylation sites (N-methyl/N-ethyl adjacent to an activating group) is 1. The maximum Gasteiger partial charge on any atom is 0.254 e. The molecule has 0 radical (unpaired) electrons. The zero-order valence-electron chi connectivity index (χ0n) is 15.1. The van der Waals surface area contributed by atoms with Crippen LogP contribution in [0, 0.1) is 0 Å². The fourth-order valence-corrected chi connectivity index (χ4v) is 2.71. The van der Waals surface area contributed by atoms with Crippen LogP contribution in [0.25, 0.3) is 11.0 Å².